The van der Waals surface area contributed by atoms with Crippen LogP contribution in [0.3, 0.4) is 0 Å². The summed E-state index contributed by atoms with van der Waals surface area (Å²) in [5.74, 6) is 0. The van der Waals surface area contributed by atoms with Crippen LogP contribution in [-0.4, -0.2) is 24.0 Å². The first-order valence-electron chi connectivity index (χ1n) is 12.4. The number of hydrogen-bond acceptors (Lipinski definition) is 1. The standard InChI is InChI=1S/C25H51N/c1-4-5-6-7-8-9-10-11-12-13-14-15-16-17-18-19-22-25(2)23-20-21-24-26(25)3/h4-24H2,1-3H3. The van der Waals surface area contributed by atoms with Crippen LogP contribution >= 0.6 is 0 Å². The van der Waals surface area contributed by atoms with Gasteiger partial charge >= 0.3 is 0 Å². The molecule has 0 bridgehead atoms. The van der Waals surface area contributed by atoms with Crippen molar-refractivity contribution in [3.05, 3.63) is 0 Å². The summed E-state index contributed by atoms with van der Waals surface area (Å²) in [6, 6.07) is 0. The fraction of sp³-hybridized carbons (Fsp3) is 1.00. The lowest BCUT2D eigenvalue weighted by Gasteiger charge is -2.43. The third kappa shape index (κ3) is 11.6. The zero-order valence-corrected chi connectivity index (χ0v) is 18.8. The summed E-state index contributed by atoms with van der Waals surface area (Å²) in [6.45, 7) is 6.11. The minimum atomic E-state index is 0.508. The van der Waals surface area contributed by atoms with E-state index in [0.717, 1.165) is 0 Å². The molecular formula is C25H51N. The van der Waals surface area contributed by atoms with E-state index in [-0.39, 0.29) is 0 Å². The van der Waals surface area contributed by atoms with E-state index >= 15 is 0 Å². The van der Waals surface area contributed by atoms with Crippen molar-refractivity contribution in [2.24, 2.45) is 0 Å². The van der Waals surface area contributed by atoms with Crippen LogP contribution in [0.15, 0.2) is 0 Å². The van der Waals surface area contributed by atoms with Crippen LogP contribution in [0.5, 0.6) is 0 Å². The largest absolute Gasteiger partial charge is 0.301 e. The van der Waals surface area contributed by atoms with Gasteiger partial charge in [-0.05, 0) is 39.8 Å². The molecule has 1 nitrogen and oxygen atoms in total. The van der Waals surface area contributed by atoms with Crippen molar-refractivity contribution in [2.45, 2.75) is 148 Å². The van der Waals surface area contributed by atoms with Crippen LogP contribution in [0.1, 0.15) is 142 Å². The van der Waals surface area contributed by atoms with Gasteiger partial charge in [-0.1, -0.05) is 116 Å². The number of rotatable bonds is 17. The molecule has 156 valence electrons. The first-order chi connectivity index (χ1) is 12.7. The molecule has 1 aliphatic heterocycles. The molecular weight excluding hydrogens is 314 g/mol. The second kappa shape index (κ2) is 16.0. The van der Waals surface area contributed by atoms with Gasteiger partial charge in [0.15, 0.2) is 0 Å². The Kier molecular flexibility index (Phi) is 14.7. The Labute approximate surface area is 166 Å². The van der Waals surface area contributed by atoms with Gasteiger partial charge in [0.2, 0.25) is 0 Å². The average molecular weight is 366 g/mol. The van der Waals surface area contributed by atoms with Gasteiger partial charge in [0.25, 0.3) is 0 Å². The molecule has 1 fully saturated rings. The van der Waals surface area contributed by atoms with Gasteiger partial charge in [0, 0.05) is 5.54 Å². The van der Waals surface area contributed by atoms with Gasteiger partial charge in [0.1, 0.15) is 0 Å². The van der Waals surface area contributed by atoms with Gasteiger partial charge in [-0.25, -0.2) is 0 Å². The number of hydrogen-bond donors (Lipinski definition) is 0. The second-order valence-corrected chi connectivity index (χ2v) is 9.43. The maximum atomic E-state index is 2.63. The molecule has 1 heterocycles. The molecule has 1 aliphatic rings. The van der Waals surface area contributed by atoms with Crippen molar-refractivity contribution in [1.82, 2.24) is 4.90 Å². The van der Waals surface area contributed by atoms with E-state index in [1.54, 1.807) is 0 Å². The summed E-state index contributed by atoms with van der Waals surface area (Å²) >= 11 is 0. The van der Waals surface area contributed by atoms with Crippen LogP contribution in [0.2, 0.25) is 0 Å². The first kappa shape index (κ1) is 24.0. The summed E-state index contributed by atoms with van der Waals surface area (Å²) in [5.41, 5.74) is 0.508. The summed E-state index contributed by atoms with van der Waals surface area (Å²) in [6.07, 6.45) is 29.2. The third-order valence-corrected chi connectivity index (χ3v) is 6.95. The van der Waals surface area contributed by atoms with E-state index in [4.69, 9.17) is 0 Å². The SMILES string of the molecule is CCCCCCCCCCCCCCCCCCC1(C)CCCCN1C. The molecule has 1 unspecified atom stereocenters. The number of unbranched alkanes of at least 4 members (excludes halogenated alkanes) is 15. The molecule has 0 aromatic carbocycles. The van der Waals surface area contributed by atoms with Crippen molar-refractivity contribution < 1.29 is 0 Å². The Morgan fingerprint density at radius 3 is 1.46 bits per heavy atom. The zero-order valence-electron chi connectivity index (χ0n) is 18.8. The van der Waals surface area contributed by atoms with Gasteiger partial charge in [-0.2, -0.15) is 0 Å². The summed E-state index contributed by atoms with van der Waals surface area (Å²) < 4.78 is 0. The molecule has 0 N–H and O–H groups in total. The number of piperidine rings is 1. The van der Waals surface area contributed by atoms with Gasteiger partial charge in [-0.3, -0.25) is 0 Å². The minimum absolute atomic E-state index is 0.508. The number of likely N-dealkylation sites (tertiary alicyclic amines) is 1. The first-order valence-corrected chi connectivity index (χ1v) is 12.4. The Bertz CT molecular complexity index is 301. The zero-order chi connectivity index (χ0) is 18.9. The highest BCUT2D eigenvalue weighted by Gasteiger charge is 2.30. The molecule has 1 saturated heterocycles. The molecule has 1 heteroatoms. The Balaban J connectivity index is 1.77. The van der Waals surface area contributed by atoms with E-state index in [2.05, 4.69) is 25.8 Å². The van der Waals surface area contributed by atoms with E-state index in [1.807, 2.05) is 0 Å². The Morgan fingerprint density at radius 1 is 0.615 bits per heavy atom. The van der Waals surface area contributed by atoms with Gasteiger partial charge < -0.3 is 4.90 Å². The van der Waals surface area contributed by atoms with E-state index in [9.17, 15) is 0 Å². The van der Waals surface area contributed by atoms with Crippen molar-refractivity contribution in [3.63, 3.8) is 0 Å². The van der Waals surface area contributed by atoms with Gasteiger partial charge in [0.05, 0.1) is 0 Å². The van der Waals surface area contributed by atoms with E-state index in [1.165, 1.54) is 135 Å². The monoisotopic (exact) mass is 365 g/mol. The summed E-state index contributed by atoms with van der Waals surface area (Å²) in [4.78, 5) is 2.63. The fourth-order valence-corrected chi connectivity index (χ4v) is 4.69. The molecule has 1 rings (SSSR count). The summed E-state index contributed by atoms with van der Waals surface area (Å²) in [5, 5.41) is 0. The van der Waals surface area contributed by atoms with E-state index < -0.39 is 0 Å². The highest BCUT2D eigenvalue weighted by Crippen LogP contribution is 2.31. The van der Waals surface area contributed by atoms with Crippen molar-refractivity contribution in [2.75, 3.05) is 13.6 Å². The molecule has 0 radical (unpaired) electrons. The number of nitrogens with zero attached hydrogens (tertiary/aromatic N) is 1. The van der Waals surface area contributed by atoms with Gasteiger partial charge in [-0.15, -0.1) is 0 Å². The van der Waals surface area contributed by atoms with Crippen molar-refractivity contribution in [3.8, 4) is 0 Å². The smallest absolute Gasteiger partial charge is 0.0178 e. The molecule has 0 amide bonds. The normalized spacial score (nSPS) is 21.3. The maximum Gasteiger partial charge on any atom is 0.0178 e. The van der Waals surface area contributed by atoms with E-state index in [0.29, 0.717) is 5.54 Å². The molecule has 0 aromatic rings. The van der Waals surface area contributed by atoms with Crippen LogP contribution in [0.25, 0.3) is 0 Å². The average Bonchev–Trinajstić information content (AvgIpc) is 2.64. The molecule has 0 spiro atoms. The lowest BCUT2D eigenvalue weighted by atomic mass is 9.84. The maximum absolute atomic E-state index is 2.63. The summed E-state index contributed by atoms with van der Waals surface area (Å²) in [7, 11) is 2.34. The molecule has 0 aliphatic carbocycles. The Morgan fingerprint density at radius 2 is 1.04 bits per heavy atom. The van der Waals surface area contributed by atoms with Crippen LogP contribution in [-0.2, 0) is 0 Å². The lowest BCUT2D eigenvalue weighted by molar-refractivity contribution is 0.0788. The second-order valence-electron chi connectivity index (χ2n) is 9.43. The third-order valence-electron chi connectivity index (χ3n) is 6.95. The quantitative estimate of drug-likeness (QED) is 0.233. The van der Waals surface area contributed by atoms with Crippen LogP contribution < -0.4 is 0 Å². The molecule has 1 atom stereocenters. The Hall–Kier alpha value is -0.0400. The highest BCUT2D eigenvalue weighted by atomic mass is 15.2. The predicted octanol–water partition coefficient (Wildman–Crippen LogP) is 8.51. The van der Waals surface area contributed by atoms with Crippen molar-refractivity contribution >= 4 is 0 Å². The molecule has 26 heavy (non-hydrogen) atoms. The minimum Gasteiger partial charge on any atom is -0.301 e. The van der Waals surface area contributed by atoms with Crippen molar-refractivity contribution in [1.29, 1.82) is 0 Å². The highest BCUT2D eigenvalue weighted by molar-refractivity contribution is 4.87. The molecule has 0 aromatic heterocycles. The fourth-order valence-electron chi connectivity index (χ4n) is 4.69. The van der Waals surface area contributed by atoms with Crippen LogP contribution in [0.4, 0.5) is 0 Å². The van der Waals surface area contributed by atoms with Crippen LogP contribution in [0, 0.1) is 0 Å². The lowest BCUT2D eigenvalue weighted by Crippen LogP contribution is -2.47. The predicted molar refractivity (Wildman–Crippen MR) is 119 cm³/mol. The molecule has 0 saturated carbocycles. The topological polar surface area (TPSA) is 3.24 Å².